The van der Waals surface area contributed by atoms with Crippen LogP contribution in [0.2, 0.25) is 0 Å². The average Bonchev–Trinajstić information content (AvgIpc) is 2.40. The van der Waals surface area contributed by atoms with Crippen molar-refractivity contribution >= 4 is 5.57 Å². The van der Waals surface area contributed by atoms with Gasteiger partial charge >= 0.3 is 0 Å². The van der Waals surface area contributed by atoms with Crippen LogP contribution in [-0.4, -0.2) is 25.7 Å². The highest BCUT2D eigenvalue weighted by atomic mass is 16.7. The van der Waals surface area contributed by atoms with E-state index >= 15 is 0 Å². The molecule has 18 heavy (non-hydrogen) atoms. The maximum atomic E-state index is 6.01. The molecular weight excluding hydrogens is 228 g/mol. The van der Waals surface area contributed by atoms with Crippen molar-refractivity contribution in [3.05, 3.63) is 54.1 Å². The van der Waals surface area contributed by atoms with Crippen LogP contribution in [-0.2, 0) is 9.47 Å². The van der Waals surface area contributed by atoms with Crippen molar-refractivity contribution in [2.24, 2.45) is 11.5 Å². The summed E-state index contributed by atoms with van der Waals surface area (Å²) >= 11 is 0. The van der Waals surface area contributed by atoms with E-state index < -0.39 is 11.4 Å². The van der Waals surface area contributed by atoms with E-state index in [1.165, 1.54) is 14.2 Å². The maximum absolute atomic E-state index is 6.01. The third-order valence-electron chi connectivity index (χ3n) is 3.20. The summed E-state index contributed by atoms with van der Waals surface area (Å²) < 4.78 is 10.8. The molecule has 0 saturated heterocycles. The van der Waals surface area contributed by atoms with Crippen molar-refractivity contribution in [3.8, 4) is 0 Å². The first-order chi connectivity index (χ1) is 8.54. The number of methoxy groups -OCH3 is 2. The summed E-state index contributed by atoms with van der Waals surface area (Å²) in [4.78, 5) is 0. The first-order valence-electron chi connectivity index (χ1n) is 5.70. The van der Waals surface area contributed by atoms with Gasteiger partial charge < -0.3 is 20.9 Å². The van der Waals surface area contributed by atoms with Crippen molar-refractivity contribution in [3.63, 3.8) is 0 Å². The van der Waals surface area contributed by atoms with E-state index in [1.54, 1.807) is 6.08 Å². The molecule has 0 heterocycles. The highest BCUT2D eigenvalue weighted by molar-refractivity contribution is 5.76. The van der Waals surface area contributed by atoms with Gasteiger partial charge in [0.1, 0.15) is 5.66 Å². The van der Waals surface area contributed by atoms with Crippen LogP contribution in [0.3, 0.4) is 0 Å². The van der Waals surface area contributed by atoms with E-state index in [2.05, 4.69) is 0 Å². The zero-order valence-electron chi connectivity index (χ0n) is 10.6. The molecule has 1 aromatic rings. The van der Waals surface area contributed by atoms with E-state index in [0.717, 1.165) is 11.1 Å². The minimum atomic E-state index is -1.20. The monoisotopic (exact) mass is 246 g/mol. The highest BCUT2D eigenvalue weighted by Gasteiger charge is 2.46. The molecule has 0 radical (unpaired) electrons. The molecule has 2 rings (SSSR count). The first-order valence-corrected chi connectivity index (χ1v) is 5.70. The lowest BCUT2D eigenvalue weighted by atomic mass is 9.88. The summed E-state index contributed by atoms with van der Waals surface area (Å²) in [7, 11) is 3.05. The fraction of sp³-hybridized carbons (Fsp3) is 0.286. The number of ether oxygens (including phenoxy) is 2. The molecule has 4 N–H and O–H groups in total. The smallest absolute Gasteiger partial charge is 0.224 e. The summed E-state index contributed by atoms with van der Waals surface area (Å²) in [6.45, 7) is 0. The fourth-order valence-corrected chi connectivity index (χ4v) is 2.09. The van der Waals surface area contributed by atoms with Crippen LogP contribution in [0.25, 0.3) is 5.57 Å². The summed E-state index contributed by atoms with van der Waals surface area (Å²) in [5.41, 5.74) is 12.9. The van der Waals surface area contributed by atoms with Crippen LogP contribution in [0.5, 0.6) is 0 Å². The molecule has 96 valence electrons. The van der Waals surface area contributed by atoms with Gasteiger partial charge in [-0.3, -0.25) is 0 Å². The van der Waals surface area contributed by atoms with Crippen LogP contribution in [0.4, 0.5) is 0 Å². The number of nitrogens with two attached hydrogens (primary N) is 2. The zero-order chi connectivity index (χ0) is 13.2. The molecule has 0 fully saturated rings. The van der Waals surface area contributed by atoms with Crippen LogP contribution in [0.15, 0.2) is 48.6 Å². The lowest BCUT2D eigenvalue weighted by Gasteiger charge is -2.42. The molecule has 4 nitrogen and oxygen atoms in total. The molecule has 1 aromatic carbocycles. The fourth-order valence-electron chi connectivity index (χ4n) is 2.09. The van der Waals surface area contributed by atoms with Crippen molar-refractivity contribution in [1.29, 1.82) is 0 Å². The van der Waals surface area contributed by atoms with Gasteiger partial charge in [0.25, 0.3) is 0 Å². The zero-order valence-corrected chi connectivity index (χ0v) is 10.6. The normalized spacial score (nSPS) is 20.6. The Kier molecular flexibility index (Phi) is 3.36. The van der Waals surface area contributed by atoms with Gasteiger partial charge in [-0.1, -0.05) is 36.4 Å². The molecule has 0 unspecified atom stereocenters. The molecule has 4 heteroatoms. The SMILES string of the molecule is COC1(OC)C=C(c2ccccc2)C=CC1(N)N. The lowest BCUT2D eigenvalue weighted by molar-refractivity contribution is -0.201. The number of hydrogen-bond acceptors (Lipinski definition) is 4. The van der Waals surface area contributed by atoms with E-state index in [4.69, 9.17) is 20.9 Å². The second-order valence-electron chi connectivity index (χ2n) is 4.31. The predicted octanol–water partition coefficient (Wildman–Crippen LogP) is 1.24. The van der Waals surface area contributed by atoms with Crippen LogP contribution in [0.1, 0.15) is 5.56 Å². The van der Waals surface area contributed by atoms with Gasteiger partial charge in [0.05, 0.1) is 0 Å². The Bertz CT molecular complexity index is 474. The molecule has 0 aliphatic heterocycles. The quantitative estimate of drug-likeness (QED) is 0.787. The standard InChI is InChI=1S/C14H18N2O2/c1-17-14(18-2)10-12(8-9-13(14,15)16)11-6-4-3-5-7-11/h3-10H,15-16H2,1-2H3. The minimum Gasteiger partial charge on any atom is -0.347 e. The third kappa shape index (κ3) is 2.00. The second kappa shape index (κ2) is 4.66. The summed E-state index contributed by atoms with van der Waals surface area (Å²) in [6, 6.07) is 9.92. The number of benzene rings is 1. The summed E-state index contributed by atoms with van der Waals surface area (Å²) in [6.07, 6.45) is 5.39. The molecule has 0 amide bonds. The summed E-state index contributed by atoms with van der Waals surface area (Å²) in [5, 5.41) is 0. The molecular formula is C14H18N2O2. The molecule has 1 aliphatic rings. The predicted molar refractivity (Wildman–Crippen MR) is 71.4 cm³/mol. The second-order valence-corrected chi connectivity index (χ2v) is 4.31. The summed E-state index contributed by atoms with van der Waals surface area (Å²) in [5.74, 6) is -1.16. The van der Waals surface area contributed by atoms with Crippen molar-refractivity contribution in [2.45, 2.75) is 11.4 Å². The van der Waals surface area contributed by atoms with Gasteiger partial charge in [0.15, 0.2) is 0 Å². The average molecular weight is 246 g/mol. The van der Waals surface area contributed by atoms with Gasteiger partial charge in [-0.05, 0) is 23.3 Å². The molecule has 0 atom stereocenters. The molecule has 1 aliphatic carbocycles. The van der Waals surface area contributed by atoms with Crippen molar-refractivity contribution in [1.82, 2.24) is 0 Å². The molecule has 0 saturated carbocycles. The Morgan fingerprint density at radius 2 is 1.61 bits per heavy atom. The first kappa shape index (κ1) is 13.0. The third-order valence-corrected chi connectivity index (χ3v) is 3.20. The van der Waals surface area contributed by atoms with Gasteiger partial charge in [-0.25, -0.2) is 0 Å². The molecule has 0 spiro atoms. The number of rotatable bonds is 3. The van der Waals surface area contributed by atoms with E-state index in [-0.39, 0.29) is 0 Å². The molecule has 0 bridgehead atoms. The largest absolute Gasteiger partial charge is 0.347 e. The molecule has 0 aromatic heterocycles. The Morgan fingerprint density at radius 3 is 2.17 bits per heavy atom. The Labute approximate surface area is 107 Å². The van der Waals surface area contributed by atoms with Crippen LogP contribution >= 0.6 is 0 Å². The van der Waals surface area contributed by atoms with Gasteiger partial charge in [0.2, 0.25) is 5.79 Å². The minimum absolute atomic E-state index is 0.964. The van der Waals surface area contributed by atoms with Gasteiger partial charge in [0, 0.05) is 14.2 Å². The highest BCUT2D eigenvalue weighted by Crippen LogP contribution is 2.33. The van der Waals surface area contributed by atoms with E-state index in [9.17, 15) is 0 Å². The van der Waals surface area contributed by atoms with Gasteiger partial charge in [-0.2, -0.15) is 0 Å². The van der Waals surface area contributed by atoms with Gasteiger partial charge in [-0.15, -0.1) is 0 Å². The topological polar surface area (TPSA) is 70.5 Å². The van der Waals surface area contributed by atoms with Crippen molar-refractivity contribution < 1.29 is 9.47 Å². The van der Waals surface area contributed by atoms with E-state index in [1.807, 2.05) is 42.5 Å². The Hall–Kier alpha value is -1.46. The van der Waals surface area contributed by atoms with E-state index in [0.29, 0.717) is 0 Å². The number of allylic oxidation sites excluding steroid dienone is 2. The Morgan fingerprint density at radius 1 is 1.00 bits per heavy atom. The van der Waals surface area contributed by atoms with Crippen molar-refractivity contribution in [2.75, 3.05) is 14.2 Å². The van der Waals surface area contributed by atoms with Crippen LogP contribution < -0.4 is 11.5 Å². The number of hydrogen-bond donors (Lipinski definition) is 2. The van der Waals surface area contributed by atoms with Crippen LogP contribution in [0, 0.1) is 0 Å². The lowest BCUT2D eigenvalue weighted by Crippen LogP contribution is -2.67. The Balaban J connectivity index is 2.47. The maximum Gasteiger partial charge on any atom is 0.224 e.